The Morgan fingerprint density at radius 2 is 1.77 bits per heavy atom. The molecule has 1 saturated heterocycles. The zero-order chi connectivity index (χ0) is 22.5. The highest BCUT2D eigenvalue weighted by Gasteiger charge is 2.36. The Morgan fingerprint density at radius 3 is 2.48 bits per heavy atom. The third-order valence-electron chi connectivity index (χ3n) is 4.37. The summed E-state index contributed by atoms with van der Waals surface area (Å²) in [6.07, 6.45) is -0.160. The van der Waals surface area contributed by atoms with Gasteiger partial charge in [-0.2, -0.15) is 0 Å². The number of hydrazine groups is 1. The summed E-state index contributed by atoms with van der Waals surface area (Å²) >= 11 is 17.7. The number of hydrogen-bond acceptors (Lipinski definition) is 5. The second kappa shape index (κ2) is 10.00. The first kappa shape index (κ1) is 22.9. The number of carbonyl (C=O) groups excluding carboxylic acids is 4. The van der Waals surface area contributed by atoms with Gasteiger partial charge in [-0.1, -0.05) is 46.9 Å². The van der Waals surface area contributed by atoms with E-state index in [-0.39, 0.29) is 28.6 Å². The van der Waals surface area contributed by atoms with E-state index in [0.717, 1.165) is 5.01 Å². The van der Waals surface area contributed by atoms with Crippen LogP contribution in [0.3, 0.4) is 0 Å². The van der Waals surface area contributed by atoms with E-state index in [4.69, 9.17) is 39.5 Å². The van der Waals surface area contributed by atoms with E-state index in [0.29, 0.717) is 10.7 Å². The first-order chi connectivity index (χ1) is 14.7. The fourth-order valence-electron chi connectivity index (χ4n) is 2.80. The number of anilines is 1. The summed E-state index contributed by atoms with van der Waals surface area (Å²) in [6.45, 7) is -0.624. The lowest BCUT2D eigenvalue weighted by atomic mass is 10.1. The minimum absolute atomic E-state index is 0.0864. The van der Waals surface area contributed by atoms with Crippen molar-refractivity contribution < 1.29 is 23.9 Å². The van der Waals surface area contributed by atoms with Gasteiger partial charge >= 0.3 is 5.97 Å². The predicted octanol–water partition coefficient (Wildman–Crippen LogP) is 3.32. The number of halogens is 3. The number of para-hydroxylation sites is 1. The summed E-state index contributed by atoms with van der Waals surface area (Å²) in [5.74, 6) is -3.17. The molecule has 0 aliphatic carbocycles. The Kier molecular flexibility index (Phi) is 7.37. The van der Waals surface area contributed by atoms with E-state index < -0.39 is 36.2 Å². The lowest BCUT2D eigenvalue weighted by Gasteiger charge is -2.17. The third-order valence-corrected chi connectivity index (χ3v) is 5.44. The SMILES string of the molecule is O=C(COC(=O)[C@@H]1CC(=O)N(NC(=O)c2ccc(Cl)c(Cl)c2)C1)Nc1ccccc1Cl. The highest BCUT2D eigenvalue weighted by molar-refractivity contribution is 6.42. The maximum absolute atomic E-state index is 12.3. The fraction of sp³-hybridized carbons (Fsp3) is 0.200. The molecule has 2 aromatic carbocycles. The van der Waals surface area contributed by atoms with E-state index >= 15 is 0 Å². The van der Waals surface area contributed by atoms with Crippen LogP contribution in [0.1, 0.15) is 16.8 Å². The van der Waals surface area contributed by atoms with Crippen LogP contribution in [0, 0.1) is 5.92 Å². The molecule has 1 aliphatic rings. The van der Waals surface area contributed by atoms with Crippen LogP contribution in [-0.4, -0.2) is 41.9 Å². The molecule has 0 radical (unpaired) electrons. The normalized spacial score (nSPS) is 15.5. The van der Waals surface area contributed by atoms with Crippen molar-refractivity contribution in [2.75, 3.05) is 18.5 Å². The number of hydrogen-bond donors (Lipinski definition) is 2. The standard InChI is InChI=1S/C20H16Cl3N3O5/c21-13-6-5-11(7-15(13)23)19(29)25-26-9-12(8-18(26)28)20(30)31-10-17(27)24-16-4-2-1-3-14(16)22/h1-7,12H,8-10H2,(H,24,27)(H,25,29)/t12-/m1/s1. The van der Waals surface area contributed by atoms with Crippen molar-refractivity contribution in [2.24, 2.45) is 5.92 Å². The maximum Gasteiger partial charge on any atom is 0.311 e. The van der Waals surface area contributed by atoms with Gasteiger partial charge < -0.3 is 10.1 Å². The lowest BCUT2D eigenvalue weighted by Crippen LogP contribution is -2.43. The number of nitrogens with one attached hydrogen (secondary N) is 2. The molecule has 31 heavy (non-hydrogen) atoms. The van der Waals surface area contributed by atoms with Crippen LogP contribution in [0.25, 0.3) is 0 Å². The van der Waals surface area contributed by atoms with Crippen LogP contribution >= 0.6 is 34.8 Å². The molecular weight excluding hydrogens is 469 g/mol. The Balaban J connectivity index is 1.50. The van der Waals surface area contributed by atoms with Gasteiger partial charge in [0.2, 0.25) is 5.91 Å². The summed E-state index contributed by atoms with van der Waals surface area (Å²) in [7, 11) is 0. The first-order valence-electron chi connectivity index (χ1n) is 9.02. The van der Waals surface area contributed by atoms with Gasteiger partial charge in [-0.3, -0.25) is 29.6 Å². The lowest BCUT2D eigenvalue weighted by molar-refractivity contribution is -0.151. The van der Waals surface area contributed by atoms with E-state index in [1.54, 1.807) is 24.3 Å². The Bertz CT molecular complexity index is 1050. The molecule has 1 heterocycles. The average Bonchev–Trinajstić information content (AvgIpc) is 3.10. The molecule has 0 unspecified atom stereocenters. The molecule has 3 amide bonds. The molecule has 3 rings (SSSR count). The predicted molar refractivity (Wildman–Crippen MR) is 115 cm³/mol. The molecule has 162 valence electrons. The molecule has 0 aromatic heterocycles. The van der Waals surface area contributed by atoms with Crippen molar-refractivity contribution in [3.8, 4) is 0 Å². The highest BCUT2D eigenvalue weighted by Crippen LogP contribution is 2.23. The molecule has 0 bridgehead atoms. The number of benzene rings is 2. The summed E-state index contributed by atoms with van der Waals surface area (Å²) in [6, 6.07) is 10.9. The van der Waals surface area contributed by atoms with Crippen molar-refractivity contribution in [1.29, 1.82) is 0 Å². The summed E-state index contributed by atoms with van der Waals surface area (Å²) < 4.78 is 5.00. The monoisotopic (exact) mass is 483 g/mol. The fourth-order valence-corrected chi connectivity index (χ4v) is 3.28. The molecule has 2 aromatic rings. The molecule has 0 saturated carbocycles. The molecule has 1 fully saturated rings. The first-order valence-corrected chi connectivity index (χ1v) is 10.2. The molecule has 8 nitrogen and oxygen atoms in total. The van der Waals surface area contributed by atoms with Crippen LogP contribution in [0.4, 0.5) is 5.69 Å². The molecule has 0 spiro atoms. The molecular formula is C20H16Cl3N3O5. The van der Waals surface area contributed by atoms with E-state index in [2.05, 4.69) is 10.7 Å². The second-order valence-corrected chi connectivity index (χ2v) is 7.83. The van der Waals surface area contributed by atoms with Crippen LogP contribution in [0.15, 0.2) is 42.5 Å². The maximum atomic E-state index is 12.3. The van der Waals surface area contributed by atoms with Crippen LogP contribution in [0.5, 0.6) is 0 Å². The molecule has 11 heteroatoms. The Morgan fingerprint density at radius 1 is 1.03 bits per heavy atom. The van der Waals surface area contributed by atoms with Crippen LogP contribution in [0.2, 0.25) is 15.1 Å². The summed E-state index contributed by atoms with van der Waals surface area (Å²) in [4.78, 5) is 48.7. The third kappa shape index (κ3) is 5.88. The summed E-state index contributed by atoms with van der Waals surface area (Å²) in [5.41, 5.74) is 3.01. The van der Waals surface area contributed by atoms with E-state index in [1.807, 2.05) is 0 Å². The van der Waals surface area contributed by atoms with Crippen molar-refractivity contribution in [3.63, 3.8) is 0 Å². The summed E-state index contributed by atoms with van der Waals surface area (Å²) in [5, 5.41) is 4.38. The van der Waals surface area contributed by atoms with Gasteiger partial charge in [-0.05, 0) is 30.3 Å². The van der Waals surface area contributed by atoms with Crippen molar-refractivity contribution in [3.05, 3.63) is 63.1 Å². The van der Waals surface area contributed by atoms with Gasteiger partial charge in [-0.15, -0.1) is 0 Å². The molecule has 1 atom stereocenters. The van der Waals surface area contributed by atoms with Crippen molar-refractivity contribution in [2.45, 2.75) is 6.42 Å². The van der Waals surface area contributed by atoms with Gasteiger partial charge in [0.1, 0.15) is 0 Å². The van der Waals surface area contributed by atoms with Crippen molar-refractivity contribution in [1.82, 2.24) is 10.4 Å². The van der Waals surface area contributed by atoms with E-state index in [1.165, 1.54) is 18.2 Å². The molecule has 1 aliphatic heterocycles. The van der Waals surface area contributed by atoms with Crippen LogP contribution in [-0.2, 0) is 19.1 Å². The Labute approximate surface area is 192 Å². The largest absolute Gasteiger partial charge is 0.455 e. The van der Waals surface area contributed by atoms with Gasteiger partial charge in [0.15, 0.2) is 6.61 Å². The quantitative estimate of drug-likeness (QED) is 0.612. The number of amides is 3. The van der Waals surface area contributed by atoms with Gasteiger partial charge in [0, 0.05) is 12.0 Å². The minimum Gasteiger partial charge on any atom is -0.455 e. The topological polar surface area (TPSA) is 105 Å². The number of ether oxygens (including phenoxy) is 1. The number of carbonyl (C=O) groups is 4. The number of rotatable bonds is 6. The highest BCUT2D eigenvalue weighted by atomic mass is 35.5. The number of nitrogens with zero attached hydrogens (tertiary/aromatic N) is 1. The second-order valence-electron chi connectivity index (χ2n) is 6.61. The van der Waals surface area contributed by atoms with Gasteiger partial charge in [0.25, 0.3) is 11.8 Å². The zero-order valence-electron chi connectivity index (χ0n) is 15.9. The minimum atomic E-state index is -0.824. The number of esters is 1. The van der Waals surface area contributed by atoms with Crippen LogP contribution < -0.4 is 10.7 Å². The smallest absolute Gasteiger partial charge is 0.311 e. The van der Waals surface area contributed by atoms with Crippen molar-refractivity contribution >= 4 is 64.2 Å². The zero-order valence-corrected chi connectivity index (χ0v) is 18.1. The Hall–Kier alpha value is -2.81. The van der Waals surface area contributed by atoms with E-state index in [9.17, 15) is 19.2 Å². The van der Waals surface area contributed by atoms with Gasteiger partial charge in [-0.25, -0.2) is 0 Å². The molecule has 2 N–H and O–H groups in total. The average molecular weight is 485 g/mol. The van der Waals surface area contributed by atoms with Gasteiger partial charge in [0.05, 0.1) is 33.2 Å².